The molecule has 1 aliphatic heterocycles. The molecule has 0 N–H and O–H groups in total. The molecule has 7 nitrogen and oxygen atoms in total. The third kappa shape index (κ3) is 4.45. The minimum Gasteiger partial charge on any atom is -0.496 e. The summed E-state index contributed by atoms with van der Waals surface area (Å²) in [6, 6.07) is 15.1. The highest BCUT2D eigenvalue weighted by atomic mass is 16.5. The van der Waals surface area contributed by atoms with Gasteiger partial charge in [-0.05, 0) is 44.0 Å². The van der Waals surface area contributed by atoms with Crippen molar-refractivity contribution in [3.8, 4) is 11.5 Å². The Kier molecular flexibility index (Phi) is 5.97. The van der Waals surface area contributed by atoms with Gasteiger partial charge in [-0.3, -0.25) is 4.79 Å². The molecule has 0 spiro atoms. The predicted octanol–water partition coefficient (Wildman–Crippen LogP) is 3.99. The normalized spacial score (nSPS) is 14.5. The lowest BCUT2D eigenvalue weighted by atomic mass is 9.95. The van der Waals surface area contributed by atoms with Crippen LogP contribution >= 0.6 is 0 Å². The molecule has 2 aromatic carbocycles. The predicted molar refractivity (Wildman–Crippen MR) is 111 cm³/mol. The van der Waals surface area contributed by atoms with Crippen LogP contribution in [0.25, 0.3) is 0 Å². The maximum absolute atomic E-state index is 12.8. The van der Waals surface area contributed by atoms with Crippen molar-refractivity contribution < 1.29 is 18.8 Å². The van der Waals surface area contributed by atoms with Gasteiger partial charge >= 0.3 is 0 Å². The van der Waals surface area contributed by atoms with E-state index in [0.29, 0.717) is 36.1 Å². The summed E-state index contributed by atoms with van der Waals surface area (Å²) >= 11 is 0. The number of methoxy groups -OCH3 is 1. The summed E-state index contributed by atoms with van der Waals surface area (Å²) in [6.45, 7) is 3.56. The van der Waals surface area contributed by atoms with Crippen LogP contribution in [0, 0.1) is 6.92 Å². The van der Waals surface area contributed by atoms with Gasteiger partial charge in [0, 0.05) is 19.0 Å². The highest BCUT2D eigenvalue weighted by Gasteiger charge is 2.28. The van der Waals surface area contributed by atoms with E-state index in [1.165, 1.54) is 5.56 Å². The number of aromatic nitrogens is 2. The Morgan fingerprint density at radius 1 is 1.13 bits per heavy atom. The molecule has 1 fully saturated rings. The zero-order valence-corrected chi connectivity index (χ0v) is 17.2. The average Bonchev–Trinajstić information content (AvgIpc) is 3.27. The minimum atomic E-state index is -0.00815. The first-order valence-corrected chi connectivity index (χ1v) is 10.1. The maximum atomic E-state index is 12.8. The number of ether oxygens (including phenoxy) is 2. The van der Waals surface area contributed by atoms with E-state index in [1.807, 2.05) is 48.2 Å². The number of hydrogen-bond acceptors (Lipinski definition) is 6. The Morgan fingerprint density at radius 3 is 2.60 bits per heavy atom. The molecule has 1 aromatic heterocycles. The van der Waals surface area contributed by atoms with Crippen LogP contribution in [0.3, 0.4) is 0 Å². The number of aryl methyl sites for hydroxylation is 1. The molecule has 156 valence electrons. The van der Waals surface area contributed by atoms with Gasteiger partial charge in [0.1, 0.15) is 11.5 Å². The Labute approximate surface area is 175 Å². The molecule has 3 aromatic rings. The van der Waals surface area contributed by atoms with E-state index >= 15 is 0 Å². The molecule has 7 heteroatoms. The third-order valence-corrected chi connectivity index (χ3v) is 5.35. The van der Waals surface area contributed by atoms with Crippen molar-refractivity contribution in [2.45, 2.75) is 32.3 Å². The summed E-state index contributed by atoms with van der Waals surface area (Å²) in [6.07, 6.45) is 1.58. The third-order valence-electron chi connectivity index (χ3n) is 5.35. The monoisotopic (exact) mass is 407 g/mol. The summed E-state index contributed by atoms with van der Waals surface area (Å²) < 4.78 is 16.4. The molecule has 0 unspecified atom stereocenters. The molecule has 1 aliphatic rings. The van der Waals surface area contributed by atoms with Gasteiger partial charge in [0.05, 0.1) is 12.7 Å². The van der Waals surface area contributed by atoms with Gasteiger partial charge in [0.25, 0.3) is 11.8 Å². The number of hydrogen-bond donors (Lipinski definition) is 0. The molecular formula is C23H25N3O4. The van der Waals surface area contributed by atoms with Gasteiger partial charge in [-0.2, -0.15) is 4.98 Å². The standard InChI is InChI=1S/C23H25N3O4/c1-16-7-9-18(10-8-16)29-15-21-24-22(25-30-21)17-11-13-26(14-12-17)23(27)19-5-3-4-6-20(19)28-2/h3-10,17H,11-15H2,1-2H3. The highest BCUT2D eigenvalue weighted by molar-refractivity contribution is 5.97. The van der Waals surface area contributed by atoms with Gasteiger partial charge in [0.15, 0.2) is 12.4 Å². The van der Waals surface area contributed by atoms with Crippen molar-refractivity contribution in [2.24, 2.45) is 0 Å². The fourth-order valence-corrected chi connectivity index (χ4v) is 3.60. The fourth-order valence-electron chi connectivity index (χ4n) is 3.60. The zero-order valence-electron chi connectivity index (χ0n) is 17.2. The lowest BCUT2D eigenvalue weighted by molar-refractivity contribution is 0.0707. The molecule has 0 radical (unpaired) electrons. The quantitative estimate of drug-likeness (QED) is 0.615. The number of carbonyl (C=O) groups is 1. The molecule has 30 heavy (non-hydrogen) atoms. The average molecular weight is 407 g/mol. The van der Waals surface area contributed by atoms with Crippen LogP contribution in [-0.4, -0.2) is 41.1 Å². The summed E-state index contributed by atoms with van der Waals surface area (Å²) in [5, 5.41) is 4.13. The minimum absolute atomic E-state index is 0.00815. The van der Waals surface area contributed by atoms with E-state index < -0.39 is 0 Å². The van der Waals surface area contributed by atoms with Crippen molar-refractivity contribution >= 4 is 5.91 Å². The van der Waals surface area contributed by atoms with Gasteiger partial charge in [-0.25, -0.2) is 0 Å². The lowest BCUT2D eigenvalue weighted by Crippen LogP contribution is -2.38. The highest BCUT2D eigenvalue weighted by Crippen LogP contribution is 2.28. The fraction of sp³-hybridized carbons (Fsp3) is 0.348. The van der Waals surface area contributed by atoms with E-state index in [4.69, 9.17) is 14.0 Å². The van der Waals surface area contributed by atoms with Crippen LogP contribution in [0.5, 0.6) is 11.5 Å². The van der Waals surface area contributed by atoms with Crippen LogP contribution in [0.4, 0.5) is 0 Å². The van der Waals surface area contributed by atoms with E-state index in [1.54, 1.807) is 19.2 Å². The molecule has 1 saturated heterocycles. The van der Waals surface area contributed by atoms with Crippen molar-refractivity contribution in [1.29, 1.82) is 0 Å². The van der Waals surface area contributed by atoms with E-state index in [2.05, 4.69) is 10.1 Å². The Hall–Kier alpha value is -3.35. The topological polar surface area (TPSA) is 77.7 Å². The summed E-state index contributed by atoms with van der Waals surface area (Å²) in [7, 11) is 1.58. The largest absolute Gasteiger partial charge is 0.496 e. The number of amides is 1. The molecule has 0 aliphatic carbocycles. The molecule has 0 saturated carbocycles. The van der Waals surface area contributed by atoms with Gasteiger partial charge in [-0.1, -0.05) is 35.0 Å². The Bertz CT molecular complexity index is 992. The SMILES string of the molecule is COc1ccccc1C(=O)N1CCC(c2noc(COc3ccc(C)cc3)n2)CC1. The first-order valence-electron chi connectivity index (χ1n) is 10.1. The number of likely N-dealkylation sites (tertiary alicyclic amines) is 1. The first-order chi connectivity index (χ1) is 14.6. The number of carbonyl (C=O) groups excluding carboxylic acids is 1. The van der Waals surface area contributed by atoms with Crippen LogP contribution in [-0.2, 0) is 6.61 Å². The van der Waals surface area contributed by atoms with Crippen molar-refractivity contribution in [3.63, 3.8) is 0 Å². The molecule has 2 heterocycles. The van der Waals surface area contributed by atoms with Crippen LogP contribution in [0.1, 0.15) is 46.4 Å². The molecule has 0 atom stereocenters. The second kappa shape index (κ2) is 8.98. The van der Waals surface area contributed by atoms with Crippen LogP contribution < -0.4 is 9.47 Å². The summed E-state index contributed by atoms with van der Waals surface area (Å²) in [4.78, 5) is 19.2. The number of piperidine rings is 1. The second-order valence-electron chi connectivity index (χ2n) is 7.41. The number of nitrogens with zero attached hydrogens (tertiary/aromatic N) is 3. The summed E-state index contributed by atoms with van der Waals surface area (Å²) in [5.41, 5.74) is 1.77. The summed E-state index contributed by atoms with van der Waals surface area (Å²) in [5.74, 6) is 2.67. The molecule has 1 amide bonds. The van der Waals surface area contributed by atoms with E-state index in [9.17, 15) is 4.79 Å². The van der Waals surface area contributed by atoms with Crippen molar-refractivity contribution in [3.05, 3.63) is 71.4 Å². The Morgan fingerprint density at radius 2 is 1.87 bits per heavy atom. The molecule has 0 bridgehead atoms. The molecule has 4 rings (SSSR count). The second-order valence-corrected chi connectivity index (χ2v) is 7.41. The van der Waals surface area contributed by atoms with Gasteiger partial charge in [0.2, 0.25) is 0 Å². The van der Waals surface area contributed by atoms with Gasteiger partial charge in [-0.15, -0.1) is 0 Å². The Balaban J connectivity index is 1.32. The van der Waals surface area contributed by atoms with E-state index in [0.717, 1.165) is 18.6 Å². The molecular weight excluding hydrogens is 382 g/mol. The van der Waals surface area contributed by atoms with Crippen molar-refractivity contribution in [2.75, 3.05) is 20.2 Å². The maximum Gasteiger partial charge on any atom is 0.264 e. The van der Waals surface area contributed by atoms with Crippen LogP contribution in [0.15, 0.2) is 53.1 Å². The number of benzene rings is 2. The van der Waals surface area contributed by atoms with Gasteiger partial charge < -0.3 is 18.9 Å². The van der Waals surface area contributed by atoms with Crippen molar-refractivity contribution in [1.82, 2.24) is 15.0 Å². The first kappa shape index (κ1) is 19.9. The number of rotatable bonds is 6. The zero-order chi connectivity index (χ0) is 20.9. The lowest BCUT2D eigenvalue weighted by Gasteiger charge is -2.31. The van der Waals surface area contributed by atoms with E-state index in [-0.39, 0.29) is 18.4 Å². The number of para-hydroxylation sites is 1. The smallest absolute Gasteiger partial charge is 0.264 e. The van der Waals surface area contributed by atoms with Crippen LogP contribution in [0.2, 0.25) is 0 Å².